The summed E-state index contributed by atoms with van der Waals surface area (Å²) in [5, 5.41) is 5.46. The van der Waals surface area contributed by atoms with Gasteiger partial charge in [-0.05, 0) is 67.6 Å². The van der Waals surface area contributed by atoms with Crippen LogP contribution in [0.25, 0.3) is 6.08 Å². The number of nitrogens with one attached hydrogen (secondary N) is 2. The summed E-state index contributed by atoms with van der Waals surface area (Å²) in [5.41, 5.74) is 1.45. The number of benzene rings is 2. The van der Waals surface area contributed by atoms with Gasteiger partial charge in [0.25, 0.3) is 5.91 Å². The standard InChI is InChI=1S/C27H20BrCl2N3O6/c1-14-23(27(37)38-2)22(26(36)33(14)19-5-3-15(28)4-6-19)12-20-7-8-21(39-20)13-31-24(34)25(35)32-18-10-16(29)9-17(30)11-18/h3-12H,13H2,1-2H3,(H,31,34)(H,32,35)/b22-12+. The maximum atomic E-state index is 13.4. The Balaban J connectivity index is 1.48. The van der Waals surface area contributed by atoms with Crippen molar-refractivity contribution >= 4 is 80.3 Å². The van der Waals surface area contributed by atoms with Crippen molar-refractivity contribution in [2.45, 2.75) is 13.5 Å². The quantitative estimate of drug-likeness (QED) is 0.211. The third-order valence-electron chi connectivity index (χ3n) is 5.59. The van der Waals surface area contributed by atoms with E-state index in [0.29, 0.717) is 27.2 Å². The van der Waals surface area contributed by atoms with Gasteiger partial charge in [0.15, 0.2) is 0 Å². The van der Waals surface area contributed by atoms with E-state index in [9.17, 15) is 19.2 Å². The van der Waals surface area contributed by atoms with E-state index in [1.165, 1.54) is 36.3 Å². The molecular formula is C27H20BrCl2N3O6. The highest BCUT2D eigenvalue weighted by atomic mass is 79.9. The van der Waals surface area contributed by atoms with E-state index in [2.05, 4.69) is 26.6 Å². The number of methoxy groups -OCH3 is 1. The van der Waals surface area contributed by atoms with E-state index < -0.39 is 23.7 Å². The minimum absolute atomic E-state index is 0.0896. The number of carbonyl (C=O) groups is 4. The molecule has 0 atom stereocenters. The van der Waals surface area contributed by atoms with Gasteiger partial charge in [0.2, 0.25) is 0 Å². The smallest absolute Gasteiger partial charge is 0.340 e. The second kappa shape index (κ2) is 11.9. The van der Waals surface area contributed by atoms with E-state index in [1.54, 1.807) is 43.3 Å². The first-order chi connectivity index (χ1) is 18.6. The van der Waals surface area contributed by atoms with Crippen molar-refractivity contribution in [3.63, 3.8) is 0 Å². The molecule has 0 bridgehead atoms. The molecule has 9 nitrogen and oxygen atoms in total. The van der Waals surface area contributed by atoms with E-state index in [1.807, 2.05) is 0 Å². The summed E-state index contributed by atoms with van der Waals surface area (Å²) in [6.07, 6.45) is 1.43. The van der Waals surface area contributed by atoms with Crippen LogP contribution in [0.4, 0.5) is 11.4 Å². The number of ether oxygens (including phenoxy) is 1. The summed E-state index contributed by atoms with van der Waals surface area (Å²) in [7, 11) is 1.23. The highest BCUT2D eigenvalue weighted by molar-refractivity contribution is 9.10. The summed E-state index contributed by atoms with van der Waals surface area (Å²) >= 11 is 15.2. The zero-order chi connectivity index (χ0) is 28.3. The maximum absolute atomic E-state index is 13.4. The molecule has 0 spiro atoms. The van der Waals surface area contributed by atoms with Crippen molar-refractivity contribution in [2.75, 3.05) is 17.3 Å². The molecule has 1 aliphatic heterocycles. The van der Waals surface area contributed by atoms with Crippen LogP contribution in [-0.2, 0) is 30.5 Å². The van der Waals surface area contributed by atoms with E-state index in [4.69, 9.17) is 32.4 Å². The lowest BCUT2D eigenvalue weighted by Gasteiger charge is -2.17. The first-order valence-corrected chi connectivity index (χ1v) is 12.9. The molecule has 0 saturated carbocycles. The molecule has 0 aliphatic carbocycles. The second-order valence-corrected chi connectivity index (χ2v) is 10.0. The minimum atomic E-state index is -0.921. The fraction of sp³-hybridized carbons (Fsp3) is 0.111. The summed E-state index contributed by atoms with van der Waals surface area (Å²) in [4.78, 5) is 51.8. The number of hydrogen-bond acceptors (Lipinski definition) is 6. The fourth-order valence-electron chi connectivity index (χ4n) is 3.85. The van der Waals surface area contributed by atoms with Crippen LogP contribution < -0.4 is 15.5 Å². The molecule has 39 heavy (non-hydrogen) atoms. The molecule has 0 saturated heterocycles. The predicted molar refractivity (Wildman–Crippen MR) is 150 cm³/mol. The average molecular weight is 633 g/mol. The molecule has 12 heteroatoms. The van der Waals surface area contributed by atoms with E-state index in [0.717, 1.165) is 4.47 Å². The number of furan rings is 1. The lowest BCUT2D eigenvalue weighted by Crippen LogP contribution is -2.34. The molecule has 1 aromatic heterocycles. The number of hydrogen-bond donors (Lipinski definition) is 2. The Labute approximate surface area is 241 Å². The summed E-state index contributed by atoms with van der Waals surface area (Å²) in [6, 6.07) is 14.6. The van der Waals surface area contributed by atoms with Gasteiger partial charge >= 0.3 is 17.8 Å². The zero-order valence-electron chi connectivity index (χ0n) is 20.5. The van der Waals surface area contributed by atoms with E-state index >= 15 is 0 Å². The first-order valence-electron chi connectivity index (χ1n) is 11.3. The van der Waals surface area contributed by atoms with Gasteiger partial charge in [-0.1, -0.05) is 39.1 Å². The number of anilines is 2. The monoisotopic (exact) mass is 631 g/mol. The Morgan fingerprint density at radius 2 is 1.69 bits per heavy atom. The van der Waals surface area contributed by atoms with Crippen molar-refractivity contribution in [1.82, 2.24) is 5.32 Å². The zero-order valence-corrected chi connectivity index (χ0v) is 23.6. The van der Waals surface area contributed by atoms with Gasteiger partial charge in [0.1, 0.15) is 11.5 Å². The fourth-order valence-corrected chi connectivity index (χ4v) is 4.64. The second-order valence-electron chi connectivity index (χ2n) is 8.23. The van der Waals surface area contributed by atoms with Crippen molar-refractivity contribution in [3.05, 3.63) is 97.5 Å². The Morgan fingerprint density at radius 1 is 1.03 bits per heavy atom. The van der Waals surface area contributed by atoms with Crippen molar-refractivity contribution in [2.24, 2.45) is 0 Å². The third kappa shape index (κ3) is 6.42. The summed E-state index contributed by atoms with van der Waals surface area (Å²) in [5.74, 6) is -2.37. The molecule has 200 valence electrons. The third-order valence-corrected chi connectivity index (χ3v) is 6.56. The van der Waals surface area contributed by atoms with Crippen LogP contribution in [0.1, 0.15) is 18.4 Å². The topological polar surface area (TPSA) is 118 Å². The molecule has 2 heterocycles. The number of allylic oxidation sites excluding steroid dienone is 1. The van der Waals surface area contributed by atoms with Gasteiger partial charge < -0.3 is 19.8 Å². The molecule has 0 unspecified atom stereocenters. The molecule has 3 aromatic rings. The Bertz CT molecular complexity index is 1520. The normalized spacial score (nSPS) is 14.1. The number of carbonyl (C=O) groups excluding carboxylic acids is 4. The lowest BCUT2D eigenvalue weighted by atomic mass is 10.1. The highest BCUT2D eigenvalue weighted by Crippen LogP contribution is 2.36. The highest BCUT2D eigenvalue weighted by Gasteiger charge is 2.38. The molecule has 2 N–H and O–H groups in total. The van der Waals surface area contributed by atoms with Crippen LogP contribution >= 0.6 is 39.1 Å². The Kier molecular flexibility index (Phi) is 8.59. The predicted octanol–water partition coefficient (Wildman–Crippen LogP) is 5.48. The van der Waals surface area contributed by atoms with Crippen molar-refractivity contribution in [1.29, 1.82) is 0 Å². The van der Waals surface area contributed by atoms with Gasteiger partial charge in [-0.25, -0.2) is 4.79 Å². The van der Waals surface area contributed by atoms with Crippen LogP contribution in [0, 0.1) is 0 Å². The number of rotatable bonds is 6. The number of halogens is 3. The van der Waals surface area contributed by atoms with Crippen molar-refractivity contribution < 1.29 is 28.3 Å². The van der Waals surface area contributed by atoms with E-state index in [-0.39, 0.29) is 29.1 Å². The van der Waals surface area contributed by atoms with Crippen LogP contribution in [0.2, 0.25) is 10.0 Å². The molecule has 3 amide bonds. The minimum Gasteiger partial charge on any atom is -0.465 e. The molecule has 2 aromatic carbocycles. The maximum Gasteiger partial charge on any atom is 0.340 e. The first kappa shape index (κ1) is 28.2. The summed E-state index contributed by atoms with van der Waals surface area (Å²) < 4.78 is 11.5. The number of amides is 3. The molecule has 1 aliphatic rings. The molecular weight excluding hydrogens is 613 g/mol. The van der Waals surface area contributed by atoms with Gasteiger partial charge in [-0.2, -0.15) is 0 Å². The van der Waals surface area contributed by atoms with Crippen LogP contribution in [0.5, 0.6) is 0 Å². The average Bonchev–Trinajstić information content (AvgIpc) is 3.43. The largest absolute Gasteiger partial charge is 0.465 e. The SMILES string of the molecule is COC(=O)C1=C(C)N(c2ccc(Br)cc2)C(=O)/C1=C/c1ccc(CNC(=O)C(=O)Nc2cc(Cl)cc(Cl)c2)o1. The summed E-state index contributed by atoms with van der Waals surface area (Å²) in [6.45, 7) is 1.54. The van der Waals surface area contributed by atoms with Crippen molar-refractivity contribution in [3.8, 4) is 0 Å². The van der Waals surface area contributed by atoms with Crippen LogP contribution in [0.3, 0.4) is 0 Å². The lowest BCUT2D eigenvalue weighted by molar-refractivity contribution is -0.136. The van der Waals surface area contributed by atoms with Gasteiger partial charge in [-0.15, -0.1) is 0 Å². The number of nitrogens with zero attached hydrogens (tertiary/aromatic N) is 1. The van der Waals surface area contributed by atoms with Gasteiger partial charge in [-0.3, -0.25) is 19.3 Å². The molecule has 0 fully saturated rings. The van der Waals surface area contributed by atoms with Gasteiger partial charge in [0.05, 0.1) is 24.8 Å². The number of esters is 1. The Morgan fingerprint density at radius 3 is 2.33 bits per heavy atom. The Hall–Kier alpha value is -3.86. The van der Waals surface area contributed by atoms with Crippen LogP contribution in [0.15, 0.2) is 80.3 Å². The molecule has 4 rings (SSSR count). The van der Waals surface area contributed by atoms with Gasteiger partial charge in [0, 0.05) is 31.6 Å². The van der Waals surface area contributed by atoms with Crippen LogP contribution in [-0.4, -0.2) is 30.8 Å². The molecule has 0 radical (unpaired) electrons.